The number of carbonyl (C=O) groups is 1. The number of amides is 1. The van der Waals surface area contributed by atoms with E-state index >= 15 is 0 Å². The lowest BCUT2D eigenvalue weighted by Gasteiger charge is -2.32. The first-order valence-corrected chi connectivity index (χ1v) is 9.04. The summed E-state index contributed by atoms with van der Waals surface area (Å²) >= 11 is 0. The van der Waals surface area contributed by atoms with Crippen LogP contribution in [0.3, 0.4) is 0 Å². The van der Waals surface area contributed by atoms with Gasteiger partial charge in [-0.15, -0.1) is 0 Å². The molecule has 27 heavy (non-hydrogen) atoms. The molecule has 1 aromatic heterocycles. The van der Waals surface area contributed by atoms with E-state index in [-0.39, 0.29) is 11.8 Å². The van der Waals surface area contributed by atoms with Crippen molar-refractivity contribution in [1.29, 1.82) is 0 Å². The highest BCUT2D eigenvalue weighted by molar-refractivity contribution is 5.93. The highest BCUT2D eigenvalue weighted by Crippen LogP contribution is 2.47. The van der Waals surface area contributed by atoms with Crippen LogP contribution in [-0.2, 0) is 12.6 Å². The molecule has 2 N–H and O–H groups in total. The van der Waals surface area contributed by atoms with E-state index in [2.05, 4.69) is 15.6 Å². The van der Waals surface area contributed by atoms with Gasteiger partial charge >= 0.3 is 6.18 Å². The SMILES string of the molecule is O=C(NCCCc1cccc(C(F)(F)F)c1)c1ncoc1C1C2CNC1C2. The standard InChI is InChI=1S/C19H20F3N3O2/c20-19(21,22)13-5-1-3-11(7-13)4-2-6-23-18(26)16-17(27-10-25-16)15-12-8-14(15)24-9-12/h1,3,5,7,10,12,14-15,24H,2,4,6,8-9H2,(H,23,26). The third-order valence-corrected chi connectivity index (χ3v) is 5.44. The Hall–Kier alpha value is -2.35. The van der Waals surface area contributed by atoms with E-state index in [1.54, 1.807) is 6.07 Å². The van der Waals surface area contributed by atoms with Crippen molar-refractivity contribution in [2.45, 2.75) is 37.4 Å². The predicted octanol–water partition coefficient (Wildman–Crippen LogP) is 3.13. The normalized spacial score (nSPS) is 23.9. The van der Waals surface area contributed by atoms with Crippen molar-refractivity contribution in [2.24, 2.45) is 5.92 Å². The minimum atomic E-state index is -4.34. The number of hydrogen-bond acceptors (Lipinski definition) is 4. The molecule has 3 aliphatic rings. The fourth-order valence-corrected chi connectivity index (χ4v) is 4.02. The smallest absolute Gasteiger partial charge is 0.416 e. The van der Waals surface area contributed by atoms with Crippen molar-refractivity contribution >= 4 is 5.91 Å². The number of oxazole rings is 1. The van der Waals surface area contributed by atoms with Crippen LogP contribution in [0.1, 0.15) is 46.1 Å². The highest BCUT2D eigenvalue weighted by Gasteiger charge is 2.50. The molecule has 2 bridgehead atoms. The van der Waals surface area contributed by atoms with Crippen LogP contribution in [0.2, 0.25) is 0 Å². The summed E-state index contributed by atoms with van der Waals surface area (Å²) in [5.41, 5.74) is 0.260. The number of aryl methyl sites for hydroxylation is 1. The number of fused-ring (bicyclic) bond motifs is 1. The zero-order chi connectivity index (χ0) is 19.0. The molecule has 5 nitrogen and oxygen atoms in total. The summed E-state index contributed by atoms with van der Waals surface area (Å²) in [5, 5.41) is 6.17. The molecule has 8 heteroatoms. The molecule has 2 saturated heterocycles. The van der Waals surface area contributed by atoms with Crippen LogP contribution in [0.15, 0.2) is 35.1 Å². The topological polar surface area (TPSA) is 67.2 Å². The van der Waals surface area contributed by atoms with Gasteiger partial charge in [0.1, 0.15) is 5.76 Å². The maximum atomic E-state index is 12.7. The van der Waals surface area contributed by atoms with Crippen molar-refractivity contribution in [1.82, 2.24) is 15.6 Å². The highest BCUT2D eigenvalue weighted by atomic mass is 19.4. The average molecular weight is 379 g/mol. The molecule has 1 amide bonds. The second kappa shape index (κ2) is 6.99. The molecule has 2 aliphatic heterocycles. The van der Waals surface area contributed by atoms with Crippen LogP contribution < -0.4 is 10.6 Å². The molecule has 3 fully saturated rings. The number of hydrogen-bond donors (Lipinski definition) is 2. The first kappa shape index (κ1) is 18.0. The maximum Gasteiger partial charge on any atom is 0.416 e. The first-order chi connectivity index (χ1) is 12.9. The Morgan fingerprint density at radius 1 is 1.37 bits per heavy atom. The zero-order valence-corrected chi connectivity index (χ0v) is 14.6. The van der Waals surface area contributed by atoms with Crippen molar-refractivity contribution in [2.75, 3.05) is 13.1 Å². The second-order valence-electron chi connectivity index (χ2n) is 7.16. The lowest BCUT2D eigenvalue weighted by molar-refractivity contribution is -0.137. The van der Waals surface area contributed by atoms with Crippen molar-refractivity contribution in [3.8, 4) is 0 Å². The Morgan fingerprint density at radius 2 is 2.22 bits per heavy atom. The van der Waals surface area contributed by atoms with Gasteiger partial charge in [0.15, 0.2) is 12.1 Å². The molecule has 144 valence electrons. The van der Waals surface area contributed by atoms with Crippen LogP contribution >= 0.6 is 0 Å². The van der Waals surface area contributed by atoms with E-state index in [4.69, 9.17) is 4.42 Å². The number of carbonyl (C=O) groups excluding carboxylic acids is 1. The van der Waals surface area contributed by atoms with Crippen LogP contribution in [0.4, 0.5) is 13.2 Å². The van der Waals surface area contributed by atoms with Gasteiger partial charge in [0.05, 0.1) is 5.56 Å². The maximum absolute atomic E-state index is 12.7. The summed E-state index contributed by atoms with van der Waals surface area (Å²) in [4.78, 5) is 16.5. The minimum absolute atomic E-state index is 0.207. The summed E-state index contributed by atoms with van der Waals surface area (Å²) in [6, 6.07) is 5.62. The summed E-state index contributed by atoms with van der Waals surface area (Å²) in [5.74, 6) is 1.04. The van der Waals surface area contributed by atoms with Crippen LogP contribution in [0.25, 0.3) is 0 Å². The molecule has 0 spiro atoms. The molecule has 5 rings (SSSR count). The Labute approximate surface area is 154 Å². The third kappa shape index (κ3) is 3.58. The molecule has 3 atom stereocenters. The summed E-state index contributed by atoms with van der Waals surface area (Å²) in [6.07, 6.45) is -0.958. The molecule has 1 aliphatic carbocycles. The third-order valence-electron chi connectivity index (χ3n) is 5.44. The Balaban J connectivity index is 1.29. The molecule has 3 unspecified atom stereocenters. The number of nitrogens with zero attached hydrogens (tertiary/aromatic N) is 1. The van der Waals surface area contributed by atoms with E-state index in [0.717, 1.165) is 25.1 Å². The molecule has 2 aromatic rings. The Kier molecular flexibility index (Phi) is 4.67. The van der Waals surface area contributed by atoms with E-state index in [1.165, 1.54) is 12.5 Å². The van der Waals surface area contributed by atoms with E-state index in [0.29, 0.717) is 48.4 Å². The molecule has 1 aromatic carbocycles. The van der Waals surface area contributed by atoms with Gasteiger partial charge < -0.3 is 15.1 Å². The van der Waals surface area contributed by atoms with Gasteiger partial charge in [0, 0.05) is 18.5 Å². The molecule has 1 saturated carbocycles. The van der Waals surface area contributed by atoms with Crippen molar-refractivity contribution in [3.05, 3.63) is 53.2 Å². The molecule has 3 heterocycles. The number of aromatic nitrogens is 1. The lowest BCUT2D eigenvalue weighted by atomic mass is 9.72. The number of benzene rings is 1. The summed E-state index contributed by atoms with van der Waals surface area (Å²) in [6.45, 7) is 1.30. The van der Waals surface area contributed by atoms with Gasteiger partial charge in [-0.1, -0.05) is 18.2 Å². The van der Waals surface area contributed by atoms with Crippen LogP contribution in [0.5, 0.6) is 0 Å². The van der Waals surface area contributed by atoms with Crippen LogP contribution in [0, 0.1) is 5.92 Å². The first-order valence-electron chi connectivity index (χ1n) is 9.04. The molecule has 0 radical (unpaired) electrons. The number of halogens is 3. The summed E-state index contributed by atoms with van der Waals surface area (Å²) < 4.78 is 43.7. The lowest BCUT2D eigenvalue weighted by Crippen LogP contribution is -2.36. The van der Waals surface area contributed by atoms with Crippen molar-refractivity contribution in [3.63, 3.8) is 0 Å². The van der Waals surface area contributed by atoms with Gasteiger partial charge in [-0.3, -0.25) is 4.79 Å². The van der Waals surface area contributed by atoms with Gasteiger partial charge in [-0.2, -0.15) is 13.2 Å². The van der Waals surface area contributed by atoms with E-state index < -0.39 is 11.7 Å². The van der Waals surface area contributed by atoms with Gasteiger partial charge in [0.25, 0.3) is 5.91 Å². The second-order valence-corrected chi connectivity index (χ2v) is 7.16. The van der Waals surface area contributed by atoms with Crippen molar-refractivity contribution < 1.29 is 22.4 Å². The Morgan fingerprint density at radius 3 is 2.93 bits per heavy atom. The summed E-state index contributed by atoms with van der Waals surface area (Å²) in [7, 11) is 0. The van der Waals surface area contributed by atoms with Gasteiger partial charge in [-0.25, -0.2) is 4.98 Å². The quantitative estimate of drug-likeness (QED) is 0.757. The number of nitrogens with one attached hydrogen (secondary N) is 2. The fourth-order valence-electron chi connectivity index (χ4n) is 4.02. The molecular formula is C19H20F3N3O2. The number of alkyl halides is 3. The van der Waals surface area contributed by atoms with E-state index in [1.807, 2.05) is 0 Å². The minimum Gasteiger partial charge on any atom is -0.447 e. The van der Waals surface area contributed by atoms with Gasteiger partial charge in [-0.05, 0) is 43.4 Å². The van der Waals surface area contributed by atoms with E-state index in [9.17, 15) is 18.0 Å². The van der Waals surface area contributed by atoms with Gasteiger partial charge in [0.2, 0.25) is 0 Å². The Bertz CT molecular complexity index is 820. The monoisotopic (exact) mass is 379 g/mol. The number of rotatable bonds is 6. The fraction of sp³-hybridized carbons (Fsp3) is 0.474. The largest absolute Gasteiger partial charge is 0.447 e. The predicted molar refractivity (Wildman–Crippen MR) is 91.2 cm³/mol. The zero-order valence-electron chi connectivity index (χ0n) is 14.6. The molecular weight excluding hydrogens is 359 g/mol. The average Bonchev–Trinajstić information content (AvgIpc) is 3.35. The van der Waals surface area contributed by atoms with Crippen LogP contribution in [-0.4, -0.2) is 30.0 Å².